The molecule has 1 aromatic rings. The second kappa shape index (κ2) is 6.55. The Morgan fingerprint density at radius 2 is 2.35 bits per heavy atom. The normalized spacial score (nSPS) is 9.41. The highest BCUT2D eigenvalue weighted by atomic mass is 16.2. The topological polar surface area (TPSA) is 20.3 Å². The number of amides is 1. The molecule has 2 nitrogen and oxygen atoms in total. The molecule has 17 heavy (non-hydrogen) atoms. The van der Waals surface area contributed by atoms with Crippen LogP contribution in [-0.4, -0.2) is 12.5 Å². The van der Waals surface area contributed by atoms with E-state index >= 15 is 0 Å². The fourth-order valence-corrected chi connectivity index (χ4v) is 1.63. The van der Waals surface area contributed by atoms with Gasteiger partial charge >= 0.3 is 0 Å². The van der Waals surface area contributed by atoms with E-state index in [-0.39, 0.29) is 5.91 Å². The number of allylic oxidation sites excluding steroid dienone is 1. The van der Waals surface area contributed by atoms with Crippen molar-refractivity contribution in [2.75, 3.05) is 11.4 Å². The van der Waals surface area contributed by atoms with Gasteiger partial charge in [-0.3, -0.25) is 4.79 Å². The molecular formula is C15H17NO. The summed E-state index contributed by atoms with van der Waals surface area (Å²) in [4.78, 5) is 13.7. The third-order valence-electron chi connectivity index (χ3n) is 2.50. The minimum atomic E-state index is 0.0987. The van der Waals surface area contributed by atoms with Crippen molar-refractivity contribution in [1.82, 2.24) is 0 Å². The third kappa shape index (κ3) is 3.49. The Hall–Kier alpha value is -2.01. The van der Waals surface area contributed by atoms with Gasteiger partial charge in [-0.1, -0.05) is 18.1 Å². The van der Waals surface area contributed by atoms with Crippen LogP contribution in [0.15, 0.2) is 36.9 Å². The molecule has 0 radical (unpaired) electrons. The monoisotopic (exact) mass is 227 g/mol. The molecule has 0 atom stereocenters. The predicted molar refractivity (Wildman–Crippen MR) is 71.8 cm³/mol. The van der Waals surface area contributed by atoms with Gasteiger partial charge in [-0.05, 0) is 31.5 Å². The summed E-state index contributed by atoms with van der Waals surface area (Å²) in [5.41, 5.74) is 1.65. The molecule has 0 aliphatic rings. The lowest BCUT2D eigenvalue weighted by molar-refractivity contribution is -0.118. The molecular weight excluding hydrogens is 210 g/mol. The fourth-order valence-electron chi connectivity index (χ4n) is 1.63. The molecule has 1 rings (SSSR count). The Morgan fingerprint density at radius 1 is 1.59 bits per heavy atom. The Labute approximate surface area is 103 Å². The highest BCUT2D eigenvalue weighted by Crippen LogP contribution is 2.17. The largest absolute Gasteiger partial charge is 0.313 e. The van der Waals surface area contributed by atoms with Gasteiger partial charge in [0.25, 0.3) is 0 Å². The quantitative estimate of drug-likeness (QED) is 0.559. The Balaban J connectivity index is 2.89. The van der Waals surface area contributed by atoms with Gasteiger partial charge in [0.1, 0.15) is 0 Å². The van der Waals surface area contributed by atoms with Gasteiger partial charge in [-0.2, -0.15) is 0 Å². The second-order valence-electron chi connectivity index (χ2n) is 3.66. The molecule has 0 spiro atoms. The van der Waals surface area contributed by atoms with Crippen LogP contribution < -0.4 is 4.90 Å². The van der Waals surface area contributed by atoms with Crippen LogP contribution in [0.3, 0.4) is 0 Å². The fraction of sp³-hybridized carbons (Fsp3) is 0.267. The molecule has 0 unspecified atom stereocenters. The number of anilines is 1. The zero-order valence-electron chi connectivity index (χ0n) is 10.1. The van der Waals surface area contributed by atoms with Crippen molar-refractivity contribution in [3.8, 4) is 12.3 Å². The van der Waals surface area contributed by atoms with E-state index in [1.54, 1.807) is 11.0 Å². The number of nitrogens with zero attached hydrogens (tertiary/aromatic N) is 1. The number of carbonyl (C=O) groups excluding carboxylic acids is 1. The van der Waals surface area contributed by atoms with Gasteiger partial charge in [0.15, 0.2) is 0 Å². The summed E-state index contributed by atoms with van der Waals surface area (Å²) in [6.07, 6.45) is 8.29. The minimum Gasteiger partial charge on any atom is -0.313 e. The van der Waals surface area contributed by atoms with Gasteiger partial charge in [-0.15, -0.1) is 13.0 Å². The molecule has 0 fully saturated rings. The Bertz CT molecular complexity index is 442. The van der Waals surface area contributed by atoms with Crippen LogP contribution in [0.1, 0.15) is 25.3 Å². The lowest BCUT2D eigenvalue weighted by Crippen LogP contribution is -2.30. The van der Waals surface area contributed by atoms with Crippen LogP contribution in [0.2, 0.25) is 0 Å². The summed E-state index contributed by atoms with van der Waals surface area (Å²) in [5.74, 6) is 2.67. The average Bonchev–Trinajstić information content (AvgIpc) is 2.37. The van der Waals surface area contributed by atoms with E-state index < -0.39 is 0 Å². The van der Waals surface area contributed by atoms with Crippen LogP contribution >= 0.6 is 0 Å². The van der Waals surface area contributed by atoms with Crippen molar-refractivity contribution in [3.05, 3.63) is 42.5 Å². The molecule has 2 heteroatoms. The zero-order valence-corrected chi connectivity index (χ0v) is 10.1. The van der Waals surface area contributed by atoms with Gasteiger partial charge in [0, 0.05) is 24.2 Å². The number of terminal acetylenes is 1. The highest BCUT2D eigenvalue weighted by Gasteiger charge is 2.12. The Morgan fingerprint density at radius 3 is 2.94 bits per heavy atom. The van der Waals surface area contributed by atoms with E-state index in [1.165, 1.54) is 0 Å². The van der Waals surface area contributed by atoms with Crippen LogP contribution in [0.5, 0.6) is 0 Å². The third-order valence-corrected chi connectivity index (χ3v) is 2.50. The van der Waals surface area contributed by atoms with E-state index in [9.17, 15) is 4.79 Å². The number of carbonyl (C=O) groups is 1. The molecule has 0 bridgehead atoms. The maximum absolute atomic E-state index is 12.0. The van der Waals surface area contributed by atoms with Gasteiger partial charge < -0.3 is 4.90 Å². The molecule has 1 aromatic carbocycles. The van der Waals surface area contributed by atoms with E-state index in [1.807, 2.05) is 31.2 Å². The average molecular weight is 227 g/mol. The molecule has 0 N–H and O–H groups in total. The lowest BCUT2D eigenvalue weighted by atomic mass is 10.2. The molecule has 0 aliphatic heterocycles. The van der Waals surface area contributed by atoms with E-state index in [0.29, 0.717) is 19.4 Å². The molecule has 0 heterocycles. The maximum Gasteiger partial charge on any atom is 0.227 e. The van der Waals surface area contributed by atoms with Gasteiger partial charge in [0.2, 0.25) is 5.91 Å². The van der Waals surface area contributed by atoms with Crippen molar-refractivity contribution in [1.29, 1.82) is 0 Å². The minimum absolute atomic E-state index is 0.0987. The number of hydrogen-bond donors (Lipinski definition) is 0. The molecule has 0 aromatic heterocycles. The van der Waals surface area contributed by atoms with Gasteiger partial charge in [0.05, 0.1) is 0 Å². The molecule has 0 saturated heterocycles. The summed E-state index contributed by atoms with van der Waals surface area (Å²) in [5, 5.41) is 0. The summed E-state index contributed by atoms with van der Waals surface area (Å²) >= 11 is 0. The SMILES string of the molecule is C#Cc1cccc(N(CC)C(=O)CCC=C)c1. The lowest BCUT2D eigenvalue weighted by Gasteiger charge is -2.21. The van der Waals surface area contributed by atoms with Crippen LogP contribution in [0.4, 0.5) is 5.69 Å². The van der Waals surface area contributed by atoms with Crippen molar-refractivity contribution in [2.24, 2.45) is 0 Å². The van der Waals surface area contributed by atoms with Crippen molar-refractivity contribution in [3.63, 3.8) is 0 Å². The zero-order chi connectivity index (χ0) is 12.7. The predicted octanol–water partition coefficient (Wildman–Crippen LogP) is 2.99. The first kappa shape index (κ1) is 13.1. The first-order chi connectivity index (χ1) is 8.22. The van der Waals surface area contributed by atoms with E-state index in [2.05, 4.69) is 12.5 Å². The molecule has 0 saturated carbocycles. The second-order valence-corrected chi connectivity index (χ2v) is 3.66. The van der Waals surface area contributed by atoms with Crippen molar-refractivity contribution >= 4 is 11.6 Å². The smallest absolute Gasteiger partial charge is 0.227 e. The first-order valence-corrected chi connectivity index (χ1v) is 5.70. The molecule has 1 amide bonds. The molecule has 0 aliphatic carbocycles. The number of hydrogen-bond acceptors (Lipinski definition) is 1. The maximum atomic E-state index is 12.0. The number of rotatable bonds is 5. The first-order valence-electron chi connectivity index (χ1n) is 5.70. The Kier molecular flexibility index (Phi) is 5.03. The summed E-state index contributed by atoms with van der Waals surface area (Å²) in [7, 11) is 0. The number of benzene rings is 1. The standard InChI is InChI=1S/C15H17NO/c1-4-7-11-15(17)16(6-3)14-10-8-9-13(5-2)12-14/h2,4,8-10,12H,1,6-7,11H2,3H3. The summed E-state index contributed by atoms with van der Waals surface area (Å²) in [6, 6.07) is 7.48. The highest BCUT2D eigenvalue weighted by molar-refractivity contribution is 5.93. The van der Waals surface area contributed by atoms with E-state index in [4.69, 9.17) is 6.42 Å². The van der Waals surface area contributed by atoms with Gasteiger partial charge in [-0.25, -0.2) is 0 Å². The van der Waals surface area contributed by atoms with E-state index in [0.717, 1.165) is 11.3 Å². The summed E-state index contributed by atoms with van der Waals surface area (Å²) < 4.78 is 0. The van der Waals surface area contributed by atoms with Crippen molar-refractivity contribution < 1.29 is 4.79 Å². The van der Waals surface area contributed by atoms with Crippen LogP contribution in [0.25, 0.3) is 0 Å². The van der Waals surface area contributed by atoms with Crippen LogP contribution in [0, 0.1) is 12.3 Å². The van der Waals surface area contributed by atoms with Crippen LogP contribution in [-0.2, 0) is 4.79 Å². The van der Waals surface area contributed by atoms with Crippen molar-refractivity contribution in [2.45, 2.75) is 19.8 Å². The summed E-state index contributed by atoms with van der Waals surface area (Å²) in [6.45, 7) is 6.22. The molecule has 88 valence electrons.